The molecular formula is C13H8Br2FNO2. The molecule has 0 radical (unpaired) electrons. The Labute approximate surface area is 125 Å². The van der Waals surface area contributed by atoms with Crippen LogP contribution in [0.25, 0.3) is 0 Å². The molecule has 0 aliphatic carbocycles. The van der Waals surface area contributed by atoms with Crippen molar-refractivity contribution in [3.05, 3.63) is 56.7 Å². The molecule has 19 heavy (non-hydrogen) atoms. The van der Waals surface area contributed by atoms with Crippen LogP contribution in [0.15, 0.2) is 45.3 Å². The largest absolute Gasteiger partial charge is 0.453 e. The number of carbonyl (C=O) groups excluding carboxylic acids is 1. The summed E-state index contributed by atoms with van der Waals surface area (Å²) in [5, 5.41) is 0. The number of hydrogen-bond acceptors (Lipinski definition) is 2. The van der Waals surface area contributed by atoms with Crippen molar-refractivity contribution in [1.82, 2.24) is 0 Å². The fourth-order valence-electron chi connectivity index (χ4n) is 1.46. The Morgan fingerprint density at radius 3 is 2.37 bits per heavy atom. The third-order valence-electron chi connectivity index (χ3n) is 2.32. The Hall–Kier alpha value is -1.40. The van der Waals surface area contributed by atoms with Crippen LogP contribution in [-0.2, 0) is 0 Å². The summed E-state index contributed by atoms with van der Waals surface area (Å²) in [6.45, 7) is 0. The fraction of sp³-hybridized carbons (Fsp3) is 0. The minimum atomic E-state index is -0.647. The lowest BCUT2D eigenvalue weighted by Gasteiger charge is -2.10. The van der Waals surface area contributed by atoms with Gasteiger partial charge in [-0.2, -0.15) is 0 Å². The molecule has 0 unspecified atom stereocenters. The maximum Gasteiger partial charge on any atom is 0.252 e. The average molecular weight is 389 g/mol. The van der Waals surface area contributed by atoms with Crippen LogP contribution >= 0.6 is 31.9 Å². The molecule has 0 aliphatic heterocycles. The molecule has 2 aromatic carbocycles. The topological polar surface area (TPSA) is 52.3 Å². The highest BCUT2D eigenvalue weighted by Crippen LogP contribution is 2.31. The molecule has 0 heterocycles. The number of nitrogens with two attached hydrogens (primary N) is 1. The molecule has 0 aromatic heterocycles. The predicted octanol–water partition coefficient (Wildman–Crippen LogP) is 4.24. The normalized spacial score (nSPS) is 10.3. The van der Waals surface area contributed by atoms with Gasteiger partial charge in [0.1, 0.15) is 5.75 Å². The van der Waals surface area contributed by atoms with E-state index in [4.69, 9.17) is 10.5 Å². The van der Waals surface area contributed by atoms with E-state index in [1.54, 1.807) is 18.2 Å². The van der Waals surface area contributed by atoms with E-state index in [0.717, 1.165) is 0 Å². The molecule has 0 aliphatic rings. The summed E-state index contributed by atoms with van der Waals surface area (Å²) < 4.78 is 20.4. The zero-order valence-electron chi connectivity index (χ0n) is 9.49. The quantitative estimate of drug-likeness (QED) is 0.854. The SMILES string of the molecule is NC(=O)c1cc(Br)ccc1Oc1cc(Br)ccc1F. The van der Waals surface area contributed by atoms with Gasteiger partial charge in [0.15, 0.2) is 11.6 Å². The Kier molecular flexibility index (Phi) is 4.21. The highest BCUT2D eigenvalue weighted by atomic mass is 79.9. The number of rotatable bonds is 3. The van der Waals surface area contributed by atoms with Crippen molar-refractivity contribution in [2.45, 2.75) is 0 Å². The number of carbonyl (C=O) groups is 1. The number of hydrogen-bond donors (Lipinski definition) is 1. The number of benzene rings is 2. The van der Waals surface area contributed by atoms with Crippen molar-refractivity contribution >= 4 is 37.8 Å². The lowest BCUT2D eigenvalue weighted by atomic mass is 10.2. The minimum Gasteiger partial charge on any atom is -0.453 e. The van der Waals surface area contributed by atoms with Crippen LogP contribution < -0.4 is 10.5 Å². The third kappa shape index (κ3) is 3.33. The standard InChI is InChI=1S/C13H8Br2FNO2/c14-7-2-4-11(9(5-7)13(17)18)19-12-6-8(15)1-3-10(12)16/h1-6H,(H2,17,18). The third-order valence-corrected chi connectivity index (χ3v) is 3.31. The lowest BCUT2D eigenvalue weighted by molar-refractivity contribution is 0.0998. The van der Waals surface area contributed by atoms with Crippen molar-refractivity contribution < 1.29 is 13.9 Å². The molecule has 0 saturated carbocycles. The monoisotopic (exact) mass is 387 g/mol. The van der Waals surface area contributed by atoms with Gasteiger partial charge in [0, 0.05) is 8.95 Å². The molecule has 2 N–H and O–H groups in total. The van der Waals surface area contributed by atoms with Crippen LogP contribution in [0, 0.1) is 5.82 Å². The molecule has 2 aromatic rings. The van der Waals surface area contributed by atoms with Gasteiger partial charge in [0.2, 0.25) is 0 Å². The van der Waals surface area contributed by atoms with Crippen molar-refractivity contribution in [3.63, 3.8) is 0 Å². The first-order valence-corrected chi connectivity index (χ1v) is 6.78. The van der Waals surface area contributed by atoms with Gasteiger partial charge in [-0.3, -0.25) is 4.79 Å². The summed E-state index contributed by atoms with van der Waals surface area (Å²) in [7, 11) is 0. The van der Waals surface area contributed by atoms with Gasteiger partial charge in [-0.1, -0.05) is 31.9 Å². The first-order chi connectivity index (χ1) is 8.97. The minimum absolute atomic E-state index is 0.0131. The molecule has 0 bridgehead atoms. The van der Waals surface area contributed by atoms with Gasteiger partial charge < -0.3 is 10.5 Å². The molecule has 98 valence electrons. The Morgan fingerprint density at radius 1 is 1.05 bits per heavy atom. The second kappa shape index (κ2) is 5.71. The van der Waals surface area contributed by atoms with E-state index >= 15 is 0 Å². The molecule has 1 amide bonds. The number of halogens is 3. The maximum absolute atomic E-state index is 13.6. The van der Waals surface area contributed by atoms with Gasteiger partial charge >= 0.3 is 0 Å². The highest BCUT2D eigenvalue weighted by molar-refractivity contribution is 9.10. The molecular weight excluding hydrogens is 381 g/mol. The number of primary amides is 1. The average Bonchev–Trinajstić information content (AvgIpc) is 2.35. The zero-order chi connectivity index (χ0) is 14.0. The first-order valence-electron chi connectivity index (χ1n) is 5.19. The number of ether oxygens (including phenoxy) is 1. The van der Waals surface area contributed by atoms with Crippen molar-refractivity contribution in [1.29, 1.82) is 0 Å². The molecule has 0 saturated heterocycles. The van der Waals surface area contributed by atoms with E-state index in [-0.39, 0.29) is 17.1 Å². The molecule has 2 rings (SSSR count). The van der Waals surface area contributed by atoms with Gasteiger partial charge in [-0.25, -0.2) is 4.39 Å². The van der Waals surface area contributed by atoms with Gasteiger partial charge in [-0.15, -0.1) is 0 Å². The van der Waals surface area contributed by atoms with E-state index in [9.17, 15) is 9.18 Å². The molecule has 0 atom stereocenters. The summed E-state index contributed by atoms with van der Waals surface area (Å²) in [6.07, 6.45) is 0. The maximum atomic E-state index is 13.6. The van der Waals surface area contributed by atoms with Gasteiger partial charge in [-0.05, 0) is 36.4 Å². The second-order valence-corrected chi connectivity index (χ2v) is 5.51. The number of amides is 1. The van der Waals surface area contributed by atoms with Gasteiger partial charge in [0.25, 0.3) is 5.91 Å². The second-order valence-electron chi connectivity index (χ2n) is 3.68. The van der Waals surface area contributed by atoms with E-state index in [0.29, 0.717) is 8.95 Å². The van der Waals surface area contributed by atoms with E-state index in [1.807, 2.05) is 0 Å². The highest BCUT2D eigenvalue weighted by Gasteiger charge is 2.13. The Morgan fingerprint density at radius 2 is 1.68 bits per heavy atom. The van der Waals surface area contributed by atoms with Crippen LogP contribution in [0.1, 0.15) is 10.4 Å². The van der Waals surface area contributed by atoms with Crippen LogP contribution in [0.5, 0.6) is 11.5 Å². The Bertz CT molecular complexity index is 647. The predicted molar refractivity (Wildman–Crippen MR) is 76.8 cm³/mol. The lowest BCUT2D eigenvalue weighted by Crippen LogP contribution is -2.12. The van der Waals surface area contributed by atoms with Crippen LogP contribution in [0.3, 0.4) is 0 Å². The van der Waals surface area contributed by atoms with Gasteiger partial charge in [0.05, 0.1) is 5.56 Å². The van der Waals surface area contributed by atoms with Crippen molar-refractivity contribution in [2.24, 2.45) is 5.73 Å². The molecule has 0 spiro atoms. The van der Waals surface area contributed by atoms with Crippen LogP contribution in [-0.4, -0.2) is 5.91 Å². The summed E-state index contributed by atoms with van der Waals surface area (Å²) in [5.41, 5.74) is 5.44. The van der Waals surface area contributed by atoms with Crippen LogP contribution in [0.2, 0.25) is 0 Å². The van der Waals surface area contributed by atoms with E-state index < -0.39 is 11.7 Å². The summed E-state index contributed by atoms with van der Waals surface area (Å²) in [6, 6.07) is 9.04. The molecule has 0 fully saturated rings. The first kappa shape index (κ1) is 14.0. The van der Waals surface area contributed by atoms with Crippen LogP contribution in [0.4, 0.5) is 4.39 Å². The molecule has 6 heteroatoms. The summed E-state index contributed by atoms with van der Waals surface area (Å²) in [5.74, 6) is -0.958. The fourth-order valence-corrected chi connectivity index (χ4v) is 2.16. The van der Waals surface area contributed by atoms with E-state index in [2.05, 4.69) is 31.9 Å². The molecule has 3 nitrogen and oxygen atoms in total. The summed E-state index contributed by atoms with van der Waals surface area (Å²) in [4.78, 5) is 11.3. The van der Waals surface area contributed by atoms with E-state index in [1.165, 1.54) is 18.2 Å². The Balaban J connectivity index is 2.43. The van der Waals surface area contributed by atoms with Crippen molar-refractivity contribution in [2.75, 3.05) is 0 Å². The van der Waals surface area contributed by atoms with Crippen molar-refractivity contribution in [3.8, 4) is 11.5 Å². The summed E-state index contributed by atoms with van der Waals surface area (Å²) >= 11 is 6.45. The zero-order valence-corrected chi connectivity index (χ0v) is 12.7. The smallest absolute Gasteiger partial charge is 0.252 e.